The first-order valence-electron chi connectivity index (χ1n) is 7.82. The molecule has 1 aliphatic rings. The van der Waals surface area contributed by atoms with E-state index in [1.807, 2.05) is 24.3 Å². The van der Waals surface area contributed by atoms with Gasteiger partial charge in [-0.15, -0.1) is 0 Å². The van der Waals surface area contributed by atoms with E-state index in [0.717, 1.165) is 45.8 Å². The zero-order valence-electron chi connectivity index (χ0n) is 12.8. The smallest absolute Gasteiger partial charge is 0.228 e. The lowest BCUT2D eigenvalue weighted by atomic mass is 9.85. The molecule has 24 heavy (non-hydrogen) atoms. The molecule has 4 rings (SSSR count). The minimum absolute atomic E-state index is 0.0570. The SMILES string of the molecule is Nc1n[nH]c2c(Br)cc(-c3ccnc(NC(=O)C4CCC4)c3)cc12. The highest BCUT2D eigenvalue weighted by Crippen LogP contribution is 2.33. The quantitative estimate of drug-likeness (QED) is 0.639. The number of hydrogen-bond acceptors (Lipinski definition) is 4. The molecule has 0 aliphatic heterocycles. The van der Waals surface area contributed by atoms with Crippen LogP contribution in [0.25, 0.3) is 22.0 Å². The molecule has 1 aliphatic carbocycles. The van der Waals surface area contributed by atoms with E-state index in [2.05, 4.69) is 36.4 Å². The Morgan fingerprint density at radius 1 is 1.29 bits per heavy atom. The number of nitrogen functional groups attached to an aromatic ring is 1. The van der Waals surface area contributed by atoms with Crippen LogP contribution in [-0.4, -0.2) is 21.1 Å². The van der Waals surface area contributed by atoms with Gasteiger partial charge in [-0.2, -0.15) is 5.10 Å². The summed E-state index contributed by atoms with van der Waals surface area (Å²) in [5, 5.41) is 10.7. The predicted octanol–water partition coefficient (Wildman–Crippen LogP) is 3.71. The van der Waals surface area contributed by atoms with E-state index in [1.165, 1.54) is 0 Å². The average molecular weight is 386 g/mol. The van der Waals surface area contributed by atoms with Gasteiger partial charge in [-0.1, -0.05) is 6.42 Å². The van der Waals surface area contributed by atoms with Gasteiger partial charge in [0.25, 0.3) is 0 Å². The lowest BCUT2D eigenvalue weighted by molar-refractivity contribution is -0.122. The van der Waals surface area contributed by atoms with Crippen molar-refractivity contribution >= 4 is 44.4 Å². The van der Waals surface area contributed by atoms with Gasteiger partial charge in [-0.3, -0.25) is 9.89 Å². The number of fused-ring (bicyclic) bond motifs is 1. The van der Waals surface area contributed by atoms with E-state index >= 15 is 0 Å². The van der Waals surface area contributed by atoms with Crippen molar-refractivity contribution in [2.45, 2.75) is 19.3 Å². The number of carbonyl (C=O) groups excluding carboxylic acids is 1. The van der Waals surface area contributed by atoms with E-state index in [9.17, 15) is 4.79 Å². The Morgan fingerprint density at radius 2 is 2.12 bits per heavy atom. The number of carbonyl (C=O) groups is 1. The largest absolute Gasteiger partial charge is 0.382 e. The molecule has 0 spiro atoms. The van der Waals surface area contributed by atoms with Crippen molar-refractivity contribution in [2.75, 3.05) is 11.1 Å². The number of H-pyrrole nitrogens is 1. The molecule has 6 nitrogen and oxygen atoms in total. The van der Waals surface area contributed by atoms with E-state index < -0.39 is 0 Å². The second-order valence-corrected chi connectivity index (χ2v) is 6.89. The van der Waals surface area contributed by atoms with E-state index in [-0.39, 0.29) is 11.8 Å². The summed E-state index contributed by atoms with van der Waals surface area (Å²) in [6.45, 7) is 0. The summed E-state index contributed by atoms with van der Waals surface area (Å²) in [6, 6.07) is 7.75. The molecule has 2 aromatic heterocycles. The number of hydrogen-bond donors (Lipinski definition) is 3. The first kappa shape index (κ1) is 15.1. The number of pyridine rings is 1. The van der Waals surface area contributed by atoms with Gasteiger partial charge >= 0.3 is 0 Å². The molecule has 2 heterocycles. The molecule has 1 saturated carbocycles. The fraction of sp³-hybridized carbons (Fsp3) is 0.235. The van der Waals surface area contributed by atoms with Gasteiger partial charge in [0.2, 0.25) is 5.91 Å². The Morgan fingerprint density at radius 3 is 2.88 bits per heavy atom. The van der Waals surface area contributed by atoms with Gasteiger partial charge in [-0.25, -0.2) is 4.98 Å². The maximum atomic E-state index is 12.1. The molecule has 3 aromatic rings. The molecular weight excluding hydrogens is 370 g/mol. The number of aromatic nitrogens is 3. The summed E-state index contributed by atoms with van der Waals surface area (Å²) < 4.78 is 0.885. The summed E-state index contributed by atoms with van der Waals surface area (Å²) in [5.41, 5.74) is 8.71. The molecule has 122 valence electrons. The van der Waals surface area contributed by atoms with Crippen LogP contribution < -0.4 is 11.1 Å². The molecule has 0 bridgehead atoms. The molecule has 7 heteroatoms. The number of anilines is 2. The Labute approximate surface area is 147 Å². The maximum absolute atomic E-state index is 12.1. The van der Waals surface area contributed by atoms with Gasteiger partial charge in [0.1, 0.15) is 5.82 Å². The van der Waals surface area contributed by atoms with Crippen molar-refractivity contribution in [3.8, 4) is 11.1 Å². The third-order valence-electron chi connectivity index (χ3n) is 4.47. The van der Waals surface area contributed by atoms with E-state index in [1.54, 1.807) is 6.20 Å². The number of rotatable bonds is 3. The highest BCUT2D eigenvalue weighted by atomic mass is 79.9. The number of nitrogens with two attached hydrogens (primary N) is 1. The highest BCUT2D eigenvalue weighted by Gasteiger charge is 2.25. The molecule has 0 radical (unpaired) electrons. The second-order valence-electron chi connectivity index (χ2n) is 6.04. The van der Waals surface area contributed by atoms with Crippen molar-refractivity contribution in [3.63, 3.8) is 0 Å². The van der Waals surface area contributed by atoms with Gasteiger partial charge in [0.15, 0.2) is 5.82 Å². The monoisotopic (exact) mass is 385 g/mol. The molecule has 0 saturated heterocycles. The fourth-order valence-electron chi connectivity index (χ4n) is 2.84. The van der Waals surface area contributed by atoms with Crippen molar-refractivity contribution in [1.82, 2.24) is 15.2 Å². The zero-order valence-corrected chi connectivity index (χ0v) is 14.4. The highest BCUT2D eigenvalue weighted by molar-refractivity contribution is 9.10. The normalized spacial score (nSPS) is 14.5. The fourth-order valence-corrected chi connectivity index (χ4v) is 3.39. The van der Waals surface area contributed by atoms with Crippen LogP contribution >= 0.6 is 15.9 Å². The van der Waals surface area contributed by atoms with Crippen molar-refractivity contribution in [1.29, 1.82) is 0 Å². The topological polar surface area (TPSA) is 96.7 Å². The molecule has 4 N–H and O–H groups in total. The minimum atomic E-state index is 0.0570. The number of aromatic amines is 1. The average Bonchev–Trinajstić information content (AvgIpc) is 2.88. The van der Waals surface area contributed by atoms with Gasteiger partial charge in [0, 0.05) is 22.0 Å². The number of benzene rings is 1. The summed E-state index contributed by atoms with van der Waals surface area (Å²) >= 11 is 3.54. The molecule has 0 unspecified atom stereocenters. The first-order chi connectivity index (χ1) is 11.6. The van der Waals surface area contributed by atoms with Crippen LogP contribution in [-0.2, 0) is 4.79 Å². The van der Waals surface area contributed by atoms with Crippen molar-refractivity contribution < 1.29 is 4.79 Å². The van der Waals surface area contributed by atoms with Crippen LogP contribution in [0.5, 0.6) is 0 Å². The Bertz CT molecular complexity index is 932. The van der Waals surface area contributed by atoms with Crippen LogP contribution in [0.15, 0.2) is 34.9 Å². The summed E-state index contributed by atoms with van der Waals surface area (Å²) in [4.78, 5) is 16.3. The second kappa shape index (κ2) is 5.90. The minimum Gasteiger partial charge on any atom is -0.382 e. The van der Waals surface area contributed by atoms with E-state index in [0.29, 0.717) is 11.6 Å². The van der Waals surface area contributed by atoms with Crippen LogP contribution in [0, 0.1) is 5.92 Å². The molecule has 1 aromatic carbocycles. The van der Waals surface area contributed by atoms with Crippen molar-refractivity contribution in [2.24, 2.45) is 5.92 Å². The lowest BCUT2D eigenvalue weighted by Gasteiger charge is -2.23. The summed E-state index contributed by atoms with van der Waals surface area (Å²) in [7, 11) is 0. The maximum Gasteiger partial charge on any atom is 0.228 e. The summed E-state index contributed by atoms with van der Waals surface area (Å²) in [5.74, 6) is 1.22. The van der Waals surface area contributed by atoms with Gasteiger partial charge in [-0.05, 0) is 64.2 Å². The van der Waals surface area contributed by atoms with Crippen LogP contribution in [0.2, 0.25) is 0 Å². The number of nitrogens with zero attached hydrogens (tertiary/aromatic N) is 2. The van der Waals surface area contributed by atoms with Crippen LogP contribution in [0.1, 0.15) is 19.3 Å². The zero-order chi connectivity index (χ0) is 16.7. The molecule has 0 atom stereocenters. The number of nitrogens with one attached hydrogen (secondary N) is 2. The summed E-state index contributed by atoms with van der Waals surface area (Å²) in [6.07, 6.45) is 4.76. The van der Waals surface area contributed by atoms with Crippen molar-refractivity contribution in [3.05, 3.63) is 34.9 Å². The number of halogens is 1. The Kier molecular flexibility index (Phi) is 3.72. The van der Waals surface area contributed by atoms with Crippen LogP contribution in [0.3, 0.4) is 0 Å². The predicted molar refractivity (Wildman–Crippen MR) is 97.4 cm³/mol. The van der Waals surface area contributed by atoms with Gasteiger partial charge in [0.05, 0.1) is 5.52 Å². The number of amides is 1. The third kappa shape index (κ3) is 2.65. The van der Waals surface area contributed by atoms with Gasteiger partial charge < -0.3 is 11.1 Å². The van der Waals surface area contributed by atoms with E-state index in [4.69, 9.17) is 5.73 Å². The lowest BCUT2D eigenvalue weighted by Crippen LogP contribution is -2.28. The third-order valence-corrected chi connectivity index (χ3v) is 5.10. The molecular formula is C17H16BrN5O. The van der Waals surface area contributed by atoms with Crippen LogP contribution in [0.4, 0.5) is 11.6 Å². The molecule has 1 fully saturated rings. The first-order valence-corrected chi connectivity index (χ1v) is 8.61. The Hall–Kier alpha value is -2.41. The molecule has 1 amide bonds. The Balaban J connectivity index is 1.67. The standard InChI is InChI=1S/C17H16BrN5O/c18-13-7-11(6-12-15(13)22-23-16(12)19)10-4-5-20-14(8-10)21-17(24)9-2-1-3-9/h4-9H,1-3H2,(H3,19,22,23)(H,20,21,24).